The van der Waals surface area contributed by atoms with E-state index in [0.717, 1.165) is 19.1 Å². The molecule has 0 fully saturated rings. The van der Waals surface area contributed by atoms with Crippen LogP contribution in [0.2, 0.25) is 0 Å². The zero-order valence-corrected chi connectivity index (χ0v) is 23.6. The number of aromatic nitrogens is 5. The van der Waals surface area contributed by atoms with E-state index in [4.69, 9.17) is 4.74 Å². The molecule has 0 radical (unpaired) electrons. The van der Waals surface area contributed by atoms with Crippen molar-refractivity contribution < 1.29 is 35.5 Å². The lowest BCUT2D eigenvalue weighted by Gasteiger charge is -2.11. The second-order valence-corrected chi connectivity index (χ2v) is 10.2. The van der Waals surface area contributed by atoms with Gasteiger partial charge in [0, 0.05) is 42.2 Å². The Labute approximate surface area is 250 Å². The Morgan fingerprint density at radius 3 is 2.36 bits per heavy atom. The van der Waals surface area contributed by atoms with Crippen molar-refractivity contribution >= 4 is 22.7 Å². The number of aryl methyl sites for hydroxylation is 2. The summed E-state index contributed by atoms with van der Waals surface area (Å²) in [6, 6.07) is 10.9. The van der Waals surface area contributed by atoms with Crippen LogP contribution < -0.4 is 10.1 Å². The van der Waals surface area contributed by atoms with Gasteiger partial charge in [-0.1, -0.05) is 0 Å². The van der Waals surface area contributed by atoms with Crippen LogP contribution in [0, 0.1) is 37.1 Å². The maximum absolute atomic E-state index is 14.7. The van der Waals surface area contributed by atoms with Crippen LogP contribution in [0.5, 0.6) is 11.5 Å². The maximum Gasteiger partial charge on any atom is 0.416 e. The number of hydrogen-bond acceptors (Lipinski definition) is 5. The lowest BCUT2D eigenvalue weighted by molar-refractivity contribution is -0.137. The van der Waals surface area contributed by atoms with Gasteiger partial charge in [0.1, 0.15) is 28.8 Å². The molecule has 0 atom stereocenters. The molecule has 45 heavy (non-hydrogen) atoms. The van der Waals surface area contributed by atoms with Crippen molar-refractivity contribution in [1.82, 2.24) is 24.5 Å². The molecule has 0 spiro atoms. The number of ether oxygens (including phenoxy) is 1. The Morgan fingerprint density at radius 2 is 1.60 bits per heavy atom. The van der Waals surface area contributed by atoms with Crippen LogP contribution in [0.3, 0.4) is 0 Å². The van der Waals surface area contributed by atoms with Gasteiger partial charge in [-0.3, -0.25) is 4.98 Å². The SMILES string of the molecule is Cc1[nH]c(-c2cc(Oc3ccc4c(c3)nc(Nc3cc(C(F)(F)F)ccc3F)n4C)ccn2)nc1-c1cc(F)c(C)c(F)c1F. The number of hydrogen-bond donors (Lipinski definition) is 2. The quantitative estimate of drug-likeness (QED) is 0.143. The molecule has 0 aliphatic carbocycles. The summed E-state index contributed by atoms with van der Waals surface area (Å²) in [5.74, 6) is -3.33. The monoisotopic (exact) mass is 626 g/mol. The van der Waals surface area contributed by atoms with Crippen LogP contribution >= 0.6 is 0 Å². The molecular formula is C31H21F7N6O. The fraction of sp³-hybridized carbons (Fsp3) is 0.129. The largest absolute Gasteiger partial charge is 0.457 e. The molecule has 3 aromatic heterocycles. The van der Waals surface area contributed by atoms with E-state index in [-0.39, 0.29) is 28.7 Å². The Morgan fingerprint density at radius 1 is 0.844 bits per heavy atom. The minimum atomic E-state index is -4.65. The molecule has 3 heterocycles. The molecule has 230 valence electrons. The van der Waals surface area contributed by atoms with Crippen molar-refractivity contribution in [2.75, 3.05) is 5.32 Å². The number of rotatable bonds is 6. The van der Waals surface area contributed by atoms with Gasteiger partial charge in [-0.2, -0.15) is 13.2 Å². The van der Waals surface area contributed by atoms with Crippen molar-refractivity contribution in [3.05, 3.63) is 101 Å². The first kappa shape index (κ1) is 29.7. The summed E-state index contributed by atoms with van der Waals surface area (Å²) in [5.41, 5.74) is -0.507. The zero-order chi connectivity index (χ0) is 32.2. The van der Waals surface area contributed by atoms with Gasteiger partial charge in [0.05, 0.1) is 28.0 Å². The van der Waals surface area contributed by atoms with Gasteiger partial charge >= 0.3 is 6.18 Å². The lowest BCUT2D eigenvalue weighted by Crippen LogP contribution is -2.07. The van der Waals surface area contributed by atoms with Crippen LogP contribution in [0.1, 0.15) is 16.8 Å². The van der Waals surface area contributed by atoms with E-state index in [1.54, 1.807) is 48.9 Å². The van der Waals surface area contributed by atoms with Gasteiger partial charge in [-0.15, -0.1) is 0 Å². The number of aromatic amines is 1. The van der Waals surface area contributed by atoms with Gasteiger partial charge < -0.3 is 19.6 Å². The van der Waals surface area contributed by atoms with E-state index in [1.165, 1.54) is 6.20 Å². The number of H-pyrrole nitrogens is 1. The first-order chi connectivity index (χ1) is 21.3. The number of benzene rings is 3. The molecule has 6 aromatic rings. The van der Waals surface area contributed by atoms with Crippen LogP contribution in [-0.2, 0) is 13.2 Å². The van der Waals surface area contributed by atoms with E-state index < -0.39 is 40.6 Å². The minimum absolute atomic E-state index is 0.0171. The van der Waals surface area contributed by atoms with E-state index in [0.29, 0.717) is 46.1 Å². The molecule has 3 aromatic carbocycles. The summed E-state index contributed by atoms with van der Waals surface area (Å²) in [6.45, 7) is 2.72. The smallest absolute Gasteiger partial charge is 0.416 e. The van der Waals surface area contributed by atoms with E-state index in [9.17, 15) is 30.7 Å². The Balaban J connectivity index is 1.26. The molecule has 14 heteroatoms. The van der Waals surface area contributed by atoms with Crippen LogP contribution in [0.15, 0.2) is 60.8 Å². The molecule has 0 aliphatic rings. The Hall–Kier alpha value is -5.40. The van der Waals surface area contributed by atoms with Gasteiger partial charge in [-0.05, 0) is 56.3 Å². The van der Waals surface area contributed by atoms with Gasteiger partial charge in [0.15, 0.2) is 17.5 Å². The second kappa shape index (κ2) is 10.9. The fourth-order valence-corrected chi connectivity index (χ4v) is 4.72. The Kier molecular flexibility index (Phi) is 7.22. The molecule has 7 nitrogen and oxygen atoms in total. The van der Waals surface area contributed by atoms with Crippen LogP contribution in [0.4, 0.5) is 42.4 Å². The number of fused-ring (bicyclic) bond motifs is 1. The van der Waals surface area contributed by atoms with Gasteiger partial charge in [0.2, 0.25) is 5.95 Å². The van der Waals surface area contributed by atoms with Gasteiger partial charge in [-0.25, -0.2) is 27.5 Å². The van der Waals surface area contributed by atoms with Crippen molar-refractivity contribution in [2.45, 2.75) is 20.0 Å². The minimum Gasteiger partial charge on any atom is -0.457 e. The number of imidazole rings is 2. The third kappa shape index (κ3) is 5.54. The van der Waals surface area contributed by atoms with Crippen molar-refractivity contribution in [3.63, 3.8) is 0 Å². The first-order valence-electron chi connectivity index (χ1n) is 13.3. The molecule has 0 saturated carbocycles. The second-order valence-electron chi connectivity index (χ2n) is 10.2. The van der Waals surface area contributed by atoms with Crippen molar-refractivity contribution in [3.8, 4) is 34.3 Å². The highest BCUT2D eigenvalue weighted by Gasteiger charge is 2.31. The van der Waals surface area contributed by atoms with E-state index in [2.05, 4.69) is 25.3 Å². The third-order valence-corrected chi connectivity index (χ3v) is 7.13. The zero-order valence-electron chi connectivity index (χ0n) is 23.6. The summed E-state index contributed by atoms with van der Waals surface area (Å²) in [7, 11) is 1.61. The highest BCUT2D eigenvalue weighted by molar-refractivity contribution is 5.81. The summed E-state index contributed by atoms with van der Waals surface area (Å²) >= 11 is 0. The number of halogens is 7. The summed E-state index contributed by atoms with van der Waals surface area (Å²) in [4.78, 5) is 15.9. The summed E-state index contributed by atoms with van der Waals surface area (Å²) in [5, 5.41) is 2.62. The number of pyridine rings is 1. The number of nitrogens with zero attached hydrogens (tertiary/aromatic N) is 4. The molecule has 0 bridgehead atoms. The standard InChI is InChI=1S/C31H21F7N6O/c1-14-21(33)13-19(27(35)26(14)34)28-15(2)40-29(43-28)24-12-18(8-9-39-24)45-17-5-7-25-23(11-17)42-30(44(25)3)41-22-10-16(31(36,37)38)4-6-20(22)32/h4-13H,1-3H3,(H,40,43)(H,41,42). The van der Waals surface area contributed by atoms with E-state index in [1.807, 2.05) is 0 Å². The first-order valence-corrected chi connectivity index (χ1v) is 13.3. The normalized spacial score (nSPS) is 11.8. The lowest BCUT2D eigenvalue weighted by atomic mass is 10.1. The molecule has 2 N–H and O–H groups in total. The average Bonchev–Trinajstić information content (AvgIpc) is 3.53. The molecule has 0 aliphatic heterocycles. The number of alkyl halides is 3. The fourth-order valence-electron chi connectivity index (χ4n) is 4.72. The highest BCUT2D eigenvalue weighted by atomic mass is 19.4. The summed E-state index contributed by atoms with van der Waals surface area (Å²) < 4.78 is 104. The topological polar surface area (TPSA) is 80.6 Å². The van der Waals surface area contributed by atoms with Crippen molar-refractivity contribution in [1.29, 1.82) is 0 Å². The Bertz CT molecular complexity index is 2100. The number of anilines is 2. The maximum atomic E-state index is 14.7. The summed E-state index contributed by atoms with van der Waals surface area (Å²) in [6.07, 6.45) is -3.20. The number of nitrogens with one attached hydrogen (secondary N) is 2. The molecular weight excluding hydrogens is 605 g/mol. The average molecular weight is 627 g/mol. The molecule has 0 unspecified atom stereocenters. The predicted octanol–water partition coefficient (Wildman–Crippen LogP) is 8.75. The molecule has 6 rings (SSSR count). The van der Waals surface area contributed by atoms with E-state index >= 15 is 0 Å². The van der Waals surface area contributed by atoms with Gasteiger partial charge in [0.25, 0.3) is 0 Å². The molecule has 0 saturated heterocycles. The highest BCUT2D eigenvalue weighted by Crippen LogP contribution is 2.35. The molecule has 0 amide bonds. The predicted molar refractivity (Wildman–Crippen MR) is 152 cm³/mol. The third-order valence-electron chi connectivity index (χ3n) is 7.13. The van der Waals surface area contributed by atoms with Crippen LogP contribution in [-0.4, -0.2) is 24.5 Å². The van der Waals surface area contributed by atoms with Crippen LogP contribution in [0.25, 0.3) is 33.8 Å². The van der Waals surface area contributed by atoms with Crippen molar-refractivity contribution in [2.24, 2.45) is 7.05 Å².